The quantitative estimate of drug-likeness (QED) is 0.171. The Morgan fingerprint density at radius 2 is 0.796 bits per heavy atom. The van der Waals surface area contributed by atoms with Crippen LogP contribution >= 0.6 is 0 Å². The summed E-state index contributed by atoms with van der Waals surface area (Å²) in [5, 5.41) is 10.6. The van der Waals surface area contributed by atoms with Gasteiger partial charge < -0.3 is 10.0 Å². The summed E-state index contributed by atoms with van der Waals surface area (Å²) in [5.41, 5.74) is 14.4. The lowest BCUT2D eigenvalue weighted by atomic mass is 9.48. The van der Waals surface area contributed by atoms with Crippen LogP contribution in [0.4, 0.5) is 17.1 Å². The number of anilines is 3. The predicted molar refractivity (Wildman–Crippen MR) is 224 cm³/mol. The SMILES string of the molecule is Oc1ccc(N(c2ccc(-c3ccccc3)cc2)c2ccc(-c3ccc(-c4ccc(C56CC7CC(CC(C7)C5)C6)cc4)cc3)cc2)c(-c2ccccc2)c1. The molecule has 7 aromatic carbocycles. The summed E-state index contributed by atoms with van der Waals surface area (Å²) in [5.74, 6) is 3.14. The molecule has 7 aromatic rings. The van der Waals surface area contributed by atoms with Gasteiger partial charge in [0.25, 0.3) is 0 Å². The molecule has 0 amide bonds. The van der Waals surface area contributed by atoms with E-state index in [1.54, 1.807) is 11.6 Å². The van der Waals surface area contributed by atoms with Gasteiger partial charge in [-0.2, -0.15) is 0 Å². The maximum atomic E-state index is 10.6. The predicted octanol–water partition coefficient (Wildman–Crippen LogP) is 14.0. The molecule has 4 saturated carbocycles. The lowest BCUT2D eigenvalue weighted by molar-refractivity contribution is -0.00518. The molecule has 54 heavy (non-hydrogen) atoms. The fraction of sp³-hybridized carbons (Fsp3) is 0.192. The van der Waals surface area contributed by atoms with Crippen molar-refractivity contribution in [3.05, 3.63) is 181 Å². The highest BCUT2D eigenvalue weighted by Crippen LogP contribution is 2.60. The lowest BCUT2D eigenvalue weighted by Gasteiger charge is -2.57. The second kappa shape index (κ2) is 13.5. The monoisotopic (exact) mass is 699 g/mol. The molecule has 4 bridgehead atoms. The van der Waals surface area contributed by atoms with E-state index in [2.05, 4.69) is 138 Å². The van der Waals surface area contributed by atoms with Crippen LogP contribution in [0.25, 0.3) is 44.5 Å². The molecule has 264 valence electrons. The first-order valence-electron chi connectivity index (χ1n) is 19.7. The number of aromatic hydroxyl groups is 1. The van der Waals surface area contributed by atoms with E-state index in [0.717, 1.165) is 45.9 Å². The molecule has 0 heterocycles. The number of phenols is 1. The number of benzene rings is 7. The lowest BCUT2D eigenvalue weighted by Crippen LogP contribution is -2.48. The highest BCUT2D eigenvalue weighted by atomic mass is 16.3. The van der Waals surface area contributed by atoms with Crippen LogP contribution < -0.4 is 4.90 Å². The van der Waals surface area contributed by atoms with Crippen molar-refractivity contribution >= 4 is 17.1 Å². The molecule has 0 aliphatic heterocycles. The zero-order chi connectivity index (χ0) is 36.1. The normalized spacial score (nSPS) is 21.2. The minimum absolute atomic E-state index is 0.245. The van der Waals surface area contributed by atoms with Gasteiger partial charge in [-0.1, -0.05) is 133 Å². The molecule has 0 unspecified atom stereocenters. The van der Waals surface area contributed by atoms with Gasteiger partial charge in [0.1, 0.15) is 5.75 Å². The van der Waals surface area contributed by atoms with E-state index in [-0.39, 0.29) is 5.75 Å². The van der Waals surface area contributed by atoms with Crippen molar-refractivity contribution in [3.63, 3.8) is 0 Å². The van der Waals surface area contributed by atoms with Crippen LogP contribution in [0.1, 0.15) is 44.1 Å². The molecule has 0 radical (unpaired) electrons. The third-order valence-electron chi connectivity index (χ3n) is 12.8. The topological polar surface area (TPSA) is 23.5 Å². The van der Waals surface area contributed by atoms with Gasteiger partial charge in [-0.05, 0) is 149 Å². The zero-order valence-electron chi connectivity index (χ0n) is 30.6. The van der Waals surface area contributed by atoms with Crippen LogP contribution in [-0.2, 0) is 5.41 Å². The molecule has 2 heteroatoms. The van der Waals surface area contributed by atoms with Gasteiger partial charge in [0.2, 0.25) is 0 Å². The van der Waals surface area contributed by atoms with Crippen LogP contribution in [-0.4, -0.2) is 5.11 Å². The number of nitrogens with zero attached hydrogens (tertiary/aromatic N) is 1. The van der Waals surface area contributed by atoms with Crippen LogP contribution in [0.3, 0.4) is 0 Å². The van der Waals surface area contributed by atoms with Crippen molar-refractivity contribution in [2.24, 2.45) is 17.8 Å². The molecular weight excluding hydrogens is 655 g/mol. The van der Waals surface area contributed by atoms with Gasteiger partial charge in [-0.25, -0.2) is 0 Å². The van der Waals surface area contributed by atoms with Gasteiger partial charge in [0.15, 0.2) is 0 Å². The number of hydrogen-bond acceptors (Lipinski definition) is 2. The summed E-state index contributed by atoms with van der Waals surface area (Å²) < 4.78 is 0. The largest absolute Gasteiger partial charge is 0.508 e. The molecular formula is C52H45NO. The summed E-state index contributed by atoms with van der Waals surface area (Å²) in [6.07, 6.45) is 8.69. The summed E-state index contributed by atoms with van der Waals surface area (Å²) in [7, 11) is 0. The van der Waals surface area contributed by atoms with E-state index >= 15 is 0 Å². The van der Waals surface area contributed by atoms with Crippen molar-refractivity contribution in [2.75, 3.05) is 4.90 Å². The summed E-state index contributed by atoms with van der Waals surface area (Å²) >= 11 is 0. The Hall–Kier alpha value is -5.86. The molecule has 1 N–H and O–H groups in total. The fourth-order valence-corrected chi connectivity index (χ4v) is 10.6. The van der Waals surface area contributed by atoms with Gasteiger partial charge in [-0.15, -0.1) is 0 Å². The smallest absolute Gasteiger partial charge is 0.116 e. The Morgan fingerprint density at radius 1 is 0.407 bits per heavy atom. The summed E-state index contributed by atoms with van der Waals surface area (Å²) in [6, 6.07) is 62.7. The van der Waals surface area contributed by atoms with Crippen molar-refractivity contribution in [1.82, 2.24) is 0 Å². The Morgan fingerprint density at radius 3 is 1.26 bits per heavy atom. The van der Waals surface area contributed by atoms with Crippen LogP contribution in [0.2, 0.25) is 0 Å². The van der Waals surface area contributed by atoms with Crippen LogP contribution in [0, 0.1) is 17.8 Å². The van der Waals surface area contributed by atoms with Gasteiger partial charge in [-0.3, -0.25) is 0 Å². The second-order valence-corrected chi connectivity index (χ2v) is 16.2. The maximum Gasteiger partial charge on any atom is 0.116 e. The number of hydrogen-bond donors (Lipinski definition) is 1. The Bertz CT molecular complexity index is 2340. The van der Waals surface area contributed by atoms with Crippen molar-refractivity contribution in [3.8, 4) is 50.3 Å². The molecule has 11 rings (SSSR count). The first-order chi connectivity index (χ1) is 26.6. The summed E-state index contributed by atoms with van der Waals surface area (Å²) in [6.45, 7) is 0. The van der Waals surface area contributed by atoms with Crippen molar-refractivity contribution in [1.29, 1.82) is 0 Å². The standard InChI is InChI=1S/C52H45NO/c54-49-27-28-51(50(32-49)45-9-5-2-6-10-45)53(47-23-17-43(18-24-47)39-7-3-1-4-8-39)48-25-19-44(20-26-48)41-13-11-40(12-14-41)42-15-21-46(22-16-42)52-33-36-29-37(34-52)31-38(30-36)35-52/h1-28,32,36-38,54H,29-31,33-35H2. The third kappa shape index (κ3) is 6.10. The highest BCUT2D eigenvalue weighted by molar-refractivity contribution is 5.89. The Labute approximate surface area is 319 Å². The van der Waals surface area contributed by atoms with E-state index in [1.165, 1.54) is 71.9 Å². The van der Waals surface area contributed by atoms with E-state index in [9.17, 15) is 5.11 Å². The zero-order valence-corrected chi connectivity index (χ0v) is 30.6. The molecule has 0 spiro atoms. The maximum absolute atomic E-state index is 10.6. The minimum Gasteiger partial charge on any atom is -0.508 e. The average molecular weight is 700 g/mol. The van der Waals surface area contributed by atoms with E-state index in [0.29, 0.717) is 5.41 Å². The minimum atomic E-state index is 0.245. The molecule has 4 aliphatic carbocycles. The second-order valence-electron chi connectivity index (χ2n) is 16.2. The Kier molecular flexibility index (Phi) is 8.21. The van der Waals surface area contributed by atoms with Gasteiger partial charge in [0, 0.05) is 16.9 Å². The van der Waals surface area contributed by atoms with Crippen molar-refractivity contribution < 1.29 is 5.11 Å². The first-order valence-corrected chi connectivity index (χ1v) is 19.7. The molecule has 0 atom stereocenters. The first kappa shape index (κ1) is 32.8. The molecule has 0 aromatic heterocycles. The van der Waals surface area contributed by atoms with E-state index in [4.69, 9.17) is 0 Å². The van der Waals surface area contributed by atoms with Crippen LogP contribution in [0.5, 0.6) is 5.75 Å². The van der Waals surface area contributed by atoms with E-state index in [1.807, 2.05) is 36.4 Å². The van der Waals surface area contributed by atoms with Crippen LogP contribution in [0.15, 0.2) is 176 Å². The summed E-state index contributed by atoms with van der Waals surface area (Å²) in [4.78, 5) is 2.29. The van der Waals surface area contributed by atoms with E-state index < -0.39 is 0 Å². The average Bonchev–Trinajstić information content (AvgIpc) is 3.22. The molecule has 0 saturated heterocycles. The van der Waals surface area contributed by atoms with Gasteiger partial charge in [0.05, 0.1) is 5.69 Å². The highest BCUT2D eigenvalue weighted by Gasteiger charge is 2.51. The molecule has 2 nitrogen and oxygen atoms in total. The number of phenolic OH excluding ortho intramolecular Hbond substituents is 1. The fourth-order valence-electron chi connectivity index (χ4n) is 10.6. The molecule has 4 aliphatic rings. The third-order valence-corrected chi connectivity index (χ3v) is 12.8. The number of rotatable bonds is 8. The Balaban J connectivity index is 0.943. The molecule has 4 fully saturated rings. The van der Waals surface area contributed by atoms with Gasteiger partial charge >= 0.3 is 0 Å². The van der Waals surface area contributed by atoms with Crippen molar-refractivity contribution in [2.45, 2.75) is 43.9 Å².